The SMILES string of the molecule is CCCCC(C)NCC(C)C(N)c1ccccc1. The molecule has 0 spiro atoms. The molecular weight excluding hydrogens is 220 g/mol. The number of nitrogens with two attached hydrogens (primary N) is 1. The number of hydrogen-bond acceptors (Lipinski definition) is 2. The van der Waals surface area contributed by atoms with Gasteiger partial charge >= 0.3 is 0 Å². The molecule has 0 fully saturated rings. The Balaban J connectivity index is 2.34. The topological polar surface area (TPSA) is 38.0 Å². The second-order valence-corrected chi connectivity index (χ2v) is 5.37. The maximum atomic E-state index is 6.28. The second kappa shape index (κ2) is 8.28. The van der Waals surface area contributed by atoms with E-state index in [9.17, 15) is 0 Å². The van der Waals surface area contributed by atoms with Crippen molar-refractivity contribution in [3.8, 4) is 0 Å². The molecule has 0 heterocycles. The molecule has 3 unspecified atom stereocenters. The standard InChI is InChI=1S/C16H28N2/c1-4-5-9-14(3)18-12-13(2)16(17)15-10-7-6-8-11-15/h6-8,10-11,13-14,16,18H,4-5,9,12,17H2,1-3H3. The highest BCUT2D eigenvalue weighted by molar-refractivity contribution is 5.19. The molecule has 0 aliphatic rings. The Bertz CT molecular complexity index is 310. The largest absolute Gasteiger partial charge is 0.324 e. The van der Waals surface area contributed by atoms with Gasteiger partial charge in [-0.15, -0.1) is 0 Å². The molecule has 2 nitrogen and oxygen atoms in total. The summed E-state index contributed by atoms with van der Waals surface area (Å²) < 4.78 is 0. The minimum absolute atomic E-state index is 0.122. The van der Waals surface area contributed by atoms with E-state index in [-0.39, 0.29) is 6.04 Å². The van der Waals surface area contributed by atoms with Crippen LogP contribution in [0.4, 0.5) is 0 Å². The van der Waals surface area contributed by atoms with Crippen molar-refractivity contribution in [1.82, 2.24) is 5.32 Å². The second-order valence-electron chi connectivity index (χ2n) is 5.37. The van der Waals surface area contributed by atoms with Crippen LogP contribution in [0.2, 0.25) is 0 Å². The van der Waals surface area contributed by atoms with Crippen LogP contribution in [0.3, 0.4) is 0 Å². The summed E-state index contributed by atoms with van der Waals surface area (Å²) in [5.74, 6) is 0.455. The molecule has 0 bridgehead atoms. The average molecular weight is 248 g/mol. The Labute approximate surface area is 112 Å². The van der Waals surface area contributed by atoms with Crippen LogP contribution in [0.15, 0.2) is 30.3 Å². The summed E-state index contributed by atoms with van der Waals surface area (Å²) in [5, 5.41) is 3.59. The van der Waals surface area contributed by atoms with Crippen LogP contribution in [0, 0.1) is 5.92 Å². The van der Waals surface area contributed by atoms with Crippen molar-refractivity contribution in [1.29, 1.82) is 0 Å². The van der Waals surface area contributed by atoms with E-state index in [2.05, 4.69) is 50.4 Å². The number of rotatable bonds is 8. The van der Waals surface area contributed by atoms with Crippen LogP contribution in [0.25, 0.3) is 0 Å². The van der Waals surface area contributed by atoms with Crippen LogP contribution in [0.1, 0.15) is 51.6 Å². The molecule has 3 N–H and O–H groups in total. The molecule has 2 heteroatoms. The Kier molecular flexibility index (Phi) is 6.99. The van der Waals surface area contributed by atoms with E-state index in [0.29, 0.717) is 12.0 Å². The summed E-state index contributed by atoms with van der Waals surface area (Å²) in [6.07, 6.45) is 3.82. The van der Waals surface area contributed by atoms with E-state index in [1.54, 1.807) is 0 Å². The minimum atomic E-state index is 0.122. The lowest BCUT2D eigenvalue weighted by Crippen LogP contribution is -2.34. The number of benzene rings is 1. The van der Waals surface area contributed by atoms with E-state index in [4.69, 9.17) is 5.73 Å². The van der Waals surface area contributed by atoms with Gasteiger partial charge in [0.25, 0.3) is 0 Å². The molecular formula is C16H28N2. The van der Waals surface area contributed by atoms with Crippen molar-refractivity contribution in [3.05, 3.63) is 35.9 Å². The molecule has 0 amide bonds. The molecule has 0 aliphatic carbocycles. The average Bonchev–Trinajstić information content (AvgIpc) is 2.42. The van der Waals surface area contributed by atoms with Crippen molar-refractivity contribution >= 4 is 0 Å². The van der Waals surface area contributed by atoms with E-state index < -0.39 is 0 Å². The van der Waals surface area contributed by atoms with Crippen LogP contribution in [-0.4, -0.2) is 12.6 Å². The molecule has 1 rings (SSSR count). The Morgan fingerprint density at radius 2 is 1.83 bits per heavy atom. The van der Waals surface area contributed by atoms with Crippen molar-refractivity contribution in [2.45, 2.75) is 52.1 Å². The zero-order valence-corrected chi connectivity index (χ0v) is 12.0. The van der Waals surface area contributed by atoms with Gasteiger partial charge in [-0.1, -0.05) is 57.0 Å². The lowest BCUT2D eigenvalue weighted by molar-refractivity contribution is 0.394. The van der Waals surface area contributed by atoms with Crippen molar-refractivity contribution in [2.75, 3.05) is 6.54 Å². The van der Waals surface area contributed by atoms with E-state index in [0.717, 1.165) is 6.54 Å². The third kappa shape index (κ3) is 5.19. The summed E-state index contributed by atoms with van der Waals surface area (Å²) in [5.41, 5.74) is 7.51. The first-order valence-electron chi connectivity index (χ1n) is 7.19. The van der Waals surface area contributed by atoms with E-state index in [1.165, 1.54) is 24.8 Å². The lowest BCUT2D eigenvalue weighted by Gasteiger charge is -2.23. The maximum Gasteiger partial charge on any atom is 0.0333 e. The summed E-state index contributed by atoms with van der Waals surface area (Å²) in [6, 6.07) is 11.1. The van der Waals surface area contributed by atoms with Gasteiger partial charge in [-0.3, -0.25) is 0 Å². The van der Waals surface area contributed by atoms with Gasteiger partial charge in [0, 0.05) is 12.1 Å². The van der Waals surface area contributed by atoms with Gasteiger partial charge in [0.2, 0.25) is 0 Å². The van der Waals surface area contributed by atoms with Crippen molar-refractivity contribution in [2.24, 2.45) is 11.7 Å². The highest BCUT2D eigenvalue weighted by Crippen LogP contribution is 2.18. The van der Waals surface area contributed by atoms with Gasteiger partial charge in [-0.2, -0.15) is 0 Å². The predicted molar refractivity (Wildman–Crippen MR) is 79.5 cm³/mol. The van der Waals surface area contributed by atoms with Crippen LogP contribution in [-0.2, 0) is 0 Å². The van der Waals surface area contributed by atoms with Gasteiger partial charge in [-0.25, -0.2) is 0 Å². The van der Waals surface area contributed by atoms with Gasteiger partial charge in [0.05, 0.1) is 0 Å². The fourth-order valence-electron chi connectivity index (χ4n) is 2.13. The summed E-state index contributed by atoms with van der Waals surface area (Å²) in [7, 11) is 0. The number of hydrogen-bond donors (Lipinski definition) is 2. The van der Waals surface area contributed by atoms with Gasteiger partial charge in [0.15, 0.2) is 0 Å². The molecule has 0 saturated carbocycles. The summed E-state index contributed by atoms with van der Waals surface area (Å²) >= 11 is 0. The molecule has 3 atom stereocenters. The van der Waals surface area contributed by atoms with Crippen LogP contribution >= 0.6 is 0 Å². The minimum Gasteiger partial charge on any atom is -0.324 e. The third-order valence-electron chi connectivity index (χ3n) is 3.58. The monoisotopic (exact) mass is 248 g/mol. The molecule has 1 aromatic carbocycles. The third-order valence-corrected chi connectivity index (χ3v) is 3.58. The molecule has 0 aliphatic heterocycles. The highest BCUT2D eigenvalue weighted by atomic mass is 14.9. The normalized spacial score (nSPS) is 16.2. The first kappa shape index (κ1) is 15.2. The number of unbranched alkanes of at least 4 members (excludes halogenated alkanes) is 1. The van der Waals surface area contributed by atoms with Crippen molar-refractivity contribution in [3.63, 3.8) is 0 Å². The van der Waals surface area contributed by atoms with E-state index in [1.807, 2.05) is 6.07 Å². The molecule has 18 heavy (non-hydrogen) atoms. The fraction of sp³-hybridized carbons (Fsp3) is 0.625. The fourth-order valence-corrected chi connectivity index (χ4v) is 2.13. The molecule has 1 aromatic rings. The summed E-state index contributed by atoms with van der Waals surface area (Å²) in [4.78, 5) is 0. The first-order chi connectivity index (χ1) is 8.65. The van der Waals surface area contributed by atoms with Crippen molar-refractivity contribution < 1.29 is 0 Å². The van der Waals surface area contributed by atoms with Crippen LogP contribution in [0.5, 0.6) is 0 Å². The quantitative estimate of drug-likeness (QED) is 0.739. The van der Waals surface area contributed by atoms with E-state index >= 15 is 0 Å². The maximum absolute atomic E-state index is 6.28. The zero-order chi connectivity index (χ0) is 13.4. The van der Waals surface area contributed by atoms with Gasteiger partial charge in [-0.05, 0) is 31.4 Å². The Hall–Kier alpha value is -0.860. The molecule has 0 aromatic heterocycles. The predicted octanol–water partition coefficient (Wildman–Crippen LogP) is 3.49. The first-order valence-corrected chi connectivity index (χ1v) is 7.19. The van der Waals surface area contributed by atoms with Crippen LogP contribution < -0.4 is 11.1 Å². The summed E-state index contributed by atoms with van der Waals surface area (Å²) in [6.45, 7) is 7.70. The molecule has 102 valence electrons. The highest BCUT2D eigenvalue weighted by Gasteiger charge is 2.15. The smallest absolute Gasteiger partial charge is 0.0333 e. The number of nitrogens with one attached hydrogen (secondary N) is 1. The van der Waals surface area contributed by atoms with Gasteiger partial charge in [0.1, 0.15) is 0 Å². The Morgan fingerprint density at radius 3 is 2.44 bits per heavy atom. The molecule has 0 saturated heterocycles. The zero-order valence-electron chi connectivity index (χ0n) is 12.0. The lowest BCUT2D eigenvalue weighted by atomic mass is 9.95. The Morgan fingerprint density at radius 1 is 1.17 bits per heavy atom. The van der Waals surface area contributed by atoms with Gasteiger partial charge < -0.3 is 11.1 Å². The molecule has 0 radical (unpaired) electrons.